The van der Waals surface area contributed by atoms with Crippen LogP contribution < -0.4 is 11.1 Å². The summed E-state index contributed by atoms with van der Waals surface area (Å²) in [6, 6.07) is 8.95. The van der Waals surface area contributed by atoms with Crippen molar-refractivity contribution >= 4 is 22.5 Å². The van der Waals surface area contributed by atoms with Gasteiger partial charge in [0.1, 0.15) is 5.69 Å². The van der Waals surface area contributed by atoms with Gasteiger partial charge in [-0.15, -0.1) is 0 Å². The summed E-state index contributed by atoms with van der Waals surface area (Å²) in [7, 11) is 0. The van der Waals surface area contributed by atoms with Gasteiger partial charge in [0.15, 0.2) is 5.82 Å². The Labute approximate surface area is 120 Å². The van der Waals surface area contributed by atoms with Crippen molar-refractivity contribution in [3.8, 4) is 0 Å². The highest BCUT2D eigenvalue weighted by molar-refractivity contribution is 5.99. The third kappa shape index (κ3) is 2.66. The first-order valence-corrected chi connectivity index (χ1v) is 6.36. The molecule has 0 fully saturated rings. The zero-order valence-electron chi connectivity index (χ0n) is 11.3. The van der Waals surface area contributed by atoms with Crippen LogP contribution in [0, 0.1) is 6.92 Å². The van der Waals surface area contributed by atoms with Crippen LogP contribution in [-0.2, 0) is 6.54 Å². The van der Waals surface area contributed by atoms with Crippen LogP contribution in [0.25, 0.3) is 10.9 Å². The van der Waals surface area contributed by atoms with Crippen LogP contribution in [0.15, 0.2) is 34.9 Å². The number of aryl methyl sites for hydroxylation is 1. The Morgan fingerprint density at radius 3 is 2.90 bits per heavy atom. The first-order chi connectivity index (χ1) is 10.1. The minimum absolute atomic E-state index is 0.171. The molecular formula is C14H13N5O2. The van der Waals surface area contributed by atoms with Gasteiger partial charge in [-0.25, -0.2) is 4.98 Å². The van der Waals surface area contributed by atoms with E-state index in [-0.39, 0.29) is 18.1 Å². The van der Waals surface area contributed by atoms with Crippen LogP contribution in [0.5, 0.6) is 0 Å². The molecule has 1 amide bonds. The number of hydrogen-bond acceptors (Lipinski definition) is 6. The zero-order valence-corrected chi connectivity index (χ0v) is 11.3. The Balaban J connectivity index is 1.81. The number of nitrogen functional groups attached to an aromatic ring is 1. The second kappa shape index (κ2) is 5.20. The van der Waals surface area contributed by atoms with Gasteiger partial charge >= 0.3 is 0 Å². The highest BCUT2D eigenvalue weighted by Crippen LogP contribution is 2.19. The van der Waals surface area contributed by atoms with E-state index in [1.807, 2.05) is 24.3 Å². The van der Waals surface area contributed by atoms with Crippen molar-refractivity contribution in [1.82, 2.24) is 20.4 Å². The lowest BCUT2D eigenvalue weighted by Gasteiger charge is -2.06. The highest BCUT2D eigenvalue weighted by Gasteiger charge is 2.11. The van der Waals surface area contributed by atoms with E-state index >= 15 is 0 Å². The van der Waals surface area contributed by atoms with Crippen molar-refractivity contribution in [3.63, 3.8) is 0 Å². The van der Waals surface area contributed by atoms with Crippen LogP contribution in [0.1, 0.15) is 22.2 Å². The van der Waals surface area contributed by atoms with E-state index in [2.05, 4.69) is 20.4 Å². The van der Waals surface area contributed by atoms with Crippen molar-refractivity contribution in [3.05, 3.63) is 47.7 Å². The number of anilines is 1. The topological polar surface area (TPSA) is 107 Å². The number of nitrogens with zero attached hydrogens (tertiary/aromatic N) is 3. The molecule has 0 aliphatic rings. The van der Waals surface area contributed by atoms with Crippen LogP contribution >= 0.6 is 0 Å². The Morgan fingerprint density at radius 1 is 1.33 bits per heavy atom. The molecule has 106 valence electrons. The highest BCUT2D eigenvalue weighted by atomic mass is 16.5. The molecule has 0 unspecified atom stereocenters. The van der Waals surface area contributed by atoms with E-state index in [9.17, 15) is 4.79 Å². The minimum Gasteiger partial charge on any atom is -0.398 e. The van der Waals surface area contributed by atoms with Crippen LogP contribution in [0.2, 0.25) is 0 Å². The molecule has 0 atom stereocenters. The summed E-state index contributed by atoms with van der Waals surface area (Å²) in [4.78, 5) is 20.4. The van der Waals surface area contributed by atoms with Gasteiger partial charge in [0.25, 0.3) is 5.91 Å². The molecular weight excluding hydrogens is 270 g/mol. The predicted octanol–water partition coefficient (Wildman–Crippen LogP) is 1.44. The lowest BCUT2D eigenvalue weighted by Crippen LogP contribution is -2.24. The zero-order chi connectivity index (χ0) is 14.8. The van der Waals surface area contributed by atoms with E-state index in [0.29, 0.717) is 22.9 Å². The summed E-state index contributed by atoms with van der Waals surface area (Å²) in [6.45, 7) is 1.86. The van der Waals surface area contributed by atoms with E-state index < -0.39 is 0 Å². The number of fused-ring (bicyclic) bond motifs is 1. The first kappa shape index (κ1) is 13.0. The molecule has 3 rings (SSSR count). The number of carbonyl (C=O) groups is 1. The maximum absolute atomic E-state index is 12.1. The Morgan fingerprint density at radius 2 is 2.14 bits per heavy atom. The fourth-order valence-electron chi connectivity index (χ4n) is 1.98. The summed E-state index contributed by atoms with van der Waals surface area (Å²) < 4.78 is 4.83. The molecule has 0 aliphatic carbocycles. The molecule has 2 aromatic heterocycles. The molecule has 0 bridgehead atoms. The largest absolute Gasteiger partial charge is 0.398 e. The molecule has 0 saturated carbocycles. The summed E-state index contributed by atoms with van der Waals surface area (Å²) in [5.74, 6) is 0.525. The second-order valence-corrected chi connectivity index (χ2v) is 4.53. The Kier molecular flexibility index (Phi) is 3.23. The van der Waals surface area contributed by atoms with Gasteiger partial charge < -0.3 is 15.6 Å². The molecule has 3 aromatic rings. The lowest BCUT2D eigenvalue weighted by atomic mass is 10.1. The summed E-state index contributed by atoms with van der Waals surface area (Å²) in [6.07, 6.45) is 0. The number of nitrogens with two attached hydrogens (primary N) is 1. The number of para-hydroxylation sites is 1. The maximum Gasteiger partial charge on any atom is 0.270 e. The van der Waals surface area contributed by atoms with Gasteiger partial charge in [-0.3, -0.25) is 4.79 Å². The van der Waals surface area contributed by atoms with Crippen LogP contribution in [0.3, 0.4) is 0 Å². The van der Waals surface area contributed by atoms with E-state index in [0.717, 1.165) is 5.39 Å². The molecule has 3 N–H and O–H groups in total. The molecule has 0 saturated heterocycles. The lowest BCUT2D eigenvalue weighted by molar-refractivity contribution is 0.0945. The third-order valence-electron chi connectivity index (χ3n) is 2.96. The number of benzene rings is 1. The average molecular weight is 283 g/mol. The number of carbonyl (C=O) groups excluding carboxylic acids is 1. The normalized spacial score (nSPS) is 10.7. The molecule has 0 radical (unpaired) electrons. The smallest absolute Gasteiger partial charge is 0.270 e. The van der Waals surface area contributed by atoms with Gasteiger partial charge in [-0.1, -0.05) is 23.4 Å². The molecule has 1 aromatic carbocycles. The average Bonchev–Trinajstić information content (AvgIpc) is 2.90. The minimum atomic E-state index is -0.338. The Bertz CT molecular complexity index is 812. The standard InChI is InChI=1S/C14H13N5O2/c1-8-17-13(19-21-8)7-16-14(20)12-6-10(15)9-4-2-3-5-11(9)18-12/h2-6H,7H2,1H3,(H2,15,18)(H,16,20). The predicted molar refractivity (Wildman–Crippen MR) is 76.4 cm³/mol. The van der Waals surface area contributed by atoms with Crippen molar-refractivity contribution in [2.45, 2.75) is 13.5 Å². The third-order valence-corrected chi connectivity index (χ3v) is 2.96. The second-order valence-electron chi connectivity index (χ2n) is 4.53. The maximum atomic E-state index is 12.1. The van der Waals surface area contributed by atoms with E-state index in [1.165, 1.54) is 0 Å². The van der Waals surface area contributed by atoms with Gasteiger partial charge in [0.05, 0.1) is 12.1 Å². The van der Waals surface area contributed by atoms with Crippen LogP contribution in [0.4, 0.5) is 5.69 Å². The van der Waals surface area contributed by atoms with Gasteiger partial charge in [-0.05, 0) is 12.1 Å². The number of hydrogen-bond donors (Lipinski definition) is 2. The first-order valence-electron chi connectivity index (χ1n) is 6.36. The van der Waals surface area contributed by atoms with Crippen LogP contribution in [-0.4, -0.2) is 21.0 Å². The number of nitrogens with one attached hydrogen (secondary N) is 1. The number of rotatable bonds is 3. The summed E-state index contributed by atoms with van der Waals surface area (Å²) in [5.41, 5.74) is 7.40. The van der Waals surface area contributed by atoms with Crippen molar-refractivity contribution in [2.24, 2.45) is 0 Å². The van der Waals surface area contributed by atoms with Crippen molar-refractivity contribution in [2.75, 3.05) is 5.73 Å². The SMILES string of the molecule is Cc1nc(CNC(=O)c2cc(N)c3ccccc3n2)no1. The van der Waals surface area contributed by atoms with Gasteiger partial charge in [0, 0.05) is 18.0 Å². The molecule has 7 heteroatoms. The fourth-order valence-corrected chi connectivity index (χ4v) is 1.98. The number of amides is 1. The van der Waals surface area contributed by atoms with Gasteiger partial charge in [-0.2, -0.15) is 4.98 Å². The molecule has 21 heavy (non-hydrogen) atoms. The molecule has 0 spiro atoms. The molecule has 0 aliphatic heterocycles. The molecule has 2 heterocycles. The number of pyridine rings is 1. The summed E-state index contributed by atoms with van der Waals surface area (Å²) in [5, 5.41) is 7.20. The Hall–Kier alpha value is -2.96. The van der Waals surface area contributed by atoms with Gasteiger partial charge in [0.2, 0.25) is 5.89 Å². The monoisotopic (exact) mass is 283 g/mol. The van der Waals surface area contributed by atoms with E-state index in [4.69, 9.17) is 10.3 Å². The van der Waals surface area contributed by atoms with E-state index in [1.54, 1.807) is 13.0 Å². The molecule has 7 nitrogen and oxygen atoms in total. The van der Waals surface area contributed by atoms with Crippen molar-refractivity contribution < 1.29 is 9.32 Å². The quantitative estimate of drug-likeness (QED) is 0.753. The van der Waals surface area contributed by atoms with Crippen molar-refractivity contribution in [1.29, 1.82) is 0 Å². The number of aromatic nitrogens is 3. The fraction of sp³-hybridized carbons (Fsp3) is 0.143. The summed E-state index contributed by atoms with van der Waals surface area (Å²) >= 11 is 0.